The zero-order chi connectivity index (χ0) is 10.0. The Hall–Kier alpha value is -1.39. The van der Waals surface area contributed by atoms with E-state index < -0.39 is 23.5 Å². The minimum atomic E-state index is -2.74. The van der Waals surface area contributed by atoms with Crippen molar-refractivity contribution in [2.24, 2.45) is 0 Å². The lowest BCUT2D eigenvalue weighted by molar-refractivity contribution is 0.111. The Kier molecular flexibility index (Phi) is 2.65. The molecule has 0 saturated carbocycles. The lowest BCUT2D eigenvalue weighted by Crippen LogP contribution is -2.01. The molecular formula is C8H6F3NO. The van der Waals surface area contributed by atoms with Gasteiger partial charge in [0, 0.05) is 11.8 Å². The summed E-state index contributed by atoms with van der Waals surface area (Å²) in [6.45, 7) is 1.26. The Bertz CT molecular complexity index is 338. The molecule has 0 bridgehead atoms. The maximum Gasteiger partial charge on any atom is 0.265 e. The van der Waals surface area contributed by atoms with Gasteiger partial charge in [-0.2, -0.15) is 4.39 Å². The molecule has 1 rings (SSSR count). The lowest BCUT2D eigenvalue weighted by Gasteiger charge is -2.05. The van der Waals surface area contributed by atoms with Gasteiger partial charge in [0.2, 0.25) is 5.95 Å². The van der Waals surface area contributed by atoms with Gasteiger partial charge in [0.05, 0.1) is 5.56 Å². The third kappa shape index (κ3) is 1.68. The Balaban J connectivity index is 3.35. The molecule has 0 fully saturated rings. The van der Waals surface area contributed by atoms with Crippen LogP contribution in [0, 0.1) is 12.9 Å². The third-order valence-electron chi connectivity index (χ3n) is 1.73. The molecular weight excluding hydrogens is 183 g/mol. The van der Waals surface area contributed by atoms with Gasteiger partial charge in [-0.1, -0.05) is 0 Å². The number of pyridine rings is 1. The normalized spacial score (nSPS) is 10.5. The van der Waals surface area contributed by atoms with Crippen molar-refractivity contribution in [1.82, 2.24) is 4.98 Å². The van der Waals surface area contributed by atoms with Crippen molar-refractivity contribution >= 4 is 6.29 Å². The van der Waals surface area contributed by atoms with Crippen LogP contribution >= 0.6 is 0 Å². The van der Waals surface area contributed by atoms with Crippen molar-refractivity contribution in [1.29, 1.82) is 0 Å². The fourth-order valence-electron chi connectivity index (χ4n) is 0.960. The Morgan fingerprint density at radius 1 is 1.54 bits per heavy atom. The molecule has 5 heteroatoms. The van der Waals surface area contributed by atoms with E-state index in [0.717, 1.165) is 6.20 Å². The van der Waals surface area contributed by atoms with Crippen LogP contribution in [-0.2, 0) is 0 Å². The topological polar surface area (TPSA) is 30.0 Å². The number of rotatable bonds is 2. The van der Waals surface area contributed by atoms with Crippen LogP contribution in [0.3, 0.4) is 0 Å². The summed E-state index contributed by atoms with van der Waals surface area (Å²) < 4.78 is 37.1. The Morgan fingerprint density at radius 3 is 2.62 bits per heavy atom. The number of carbonyl (C=O) groups is 1. The molecule has 0 aliphatic rings. The zero-order valence-electron chi connectivity index (χ0n) is 6.72. The van der Waals surface area contributed by atoms with Gasteiger partial charge in [0.25, 0.3) is 6.43 Å². The van der Waals surface area contributed by atoms with Crippen LogP contribution in [0.25, 0.3) is 0 Å². The van der Waals surface area contributed by atoms with Crippen LogP contribution < -0.4 is 0 Å². The Morgan fingerprint density at radius 2 is 2.15 bits per heavy atom. The number of aromatic nitrogens is 1. The summed E-state index contributed by atoms with van der Waals surface area (Å²) in [6.07, 6.45) is -1.82. The van der Waals surface area contributed by atoms with Gasteiger partial charge < -0.3 is 0 Å². The van der Waals surface area contributed by atoms with E-state index in [0.29, 0.717) is 0 Å². The highest BCUT2D eigenvalue weighted by atomic mass is 19.3. The number of alkyl halides is 2. The molecule has 2 nitrogen and oxygen atoms in total. The van der Waals surface area contributed by atoms with Crippen molar-refractivity contribution in [3.63, 3.8) is 0 Å². The average molecular weight is 189 g/mol. The highest BCUT2D eigenvalue weighted by Gasteiger charge is 2.16. The number of nitrogens with zero attached hydrogens (tertiary/aromatic N) is 1. The second-order valence-corrected chi connectivity index (χ2v) is 2.46. The first-order valence-electron chi connectivity index (χ1n) is 3.46. The number of aldehydes is 1. The first-order chi connectivity index (χ1) is 6.07. The lowest BCUT2D eigenvalue weighted by atomic mass is 10.1. The second-order valence-electron chi connectivity index (χ2n) is 2.46. The van der Waals surface area contributed by atoms with E-state index in [4.69, 9.17) is 0 Å². The summed E-state index contributed by atoms with van der Waals surface area (Å²) in [7, 11) is 0. The van der Waals surface area contributed by atoms with Crippen LogP contribution in [0.4, 0.5) is 13.2 Å². The van der Waals surface area contributed by atoms with Crippen molar-refractivity contribution in [2.45, 2.75) is 13.3 Å². The van der Waals surface area contributed by atoms with E-state index in [1.165, 1.54) is 6.92 Å². The van der Waals surface area contributed by atoms with Gasteiger partial charge in [-0.25, -0.2) is 13.8 Å². The van der Waals surface area contributed by atoms with Crippen LogP contribution in [-0.4, -0.2) is 11.3 Å². The van der Waals surface area contributed by atoms with Crippen LogP contribution in [0.2, 0.25) is 0 Å². The maximum absolute atomic E-state index is 12.7. The minimum Gasteiger partial charge on any atom is -0.298 e. The highest BCUT2D eigenvalue weighted by Crippen LogP contribution is 2.23. The average Bonchev–Trinajstić information content (AvgIpc) is 2.04. The van der Waals surface area contributed by atoms with Gasteiger partial charge in [-0.3, -0.25) is 4.79 Å². The first-order valence-corrected chi connectivity index (χ1v) is 3.46. The maximum atomic E-state index is 12.7. The molecule has 70 valence electrons. The van der Waals surface area contributed by atoms with E-state index >= 15 is 0 Å². The van der Waals surface area contributed by atoms with Crippen molar-refractivity contribution < 1.29 is 18.0 Å². The van der Waals surface area contributed by atoms with E-state index in [9.17, 15) is 18.0 Å². The summed E-state index contributed by atoms with van der Waals surface area (Å²) in [5.41, 5.74) is -0.876. The number of hydrogen-bond donors (Lipinski definition) is 0. The number of halogens is 3. The van der Waals surface area contributed by atoms with Gasteiger partial charge in [0.1, 0.15) is 0 Å². The minimum absolute atomic E-state index is 0.0579. The molecule has 0 amide bonds. The zero-order valence-corrected chi connectivity index (χ0v) is 6.72. The van der Waals surface area contributed by atoms with Gasteiger partial charge in [-0.05, 0) is 12.5 Å². The fraction of sp³-hybridized carbons (Fsp3) is 0.250. The smallest absolute Gasteiger partial charge is 0.265 e. The number of carbonyl (C=O) groups excluding carboxylic acids is 1. The molecule has 0 aliphatic carbocycles. The molecule has 0 aromatic carbocycles. The van der Waals surface area contributed by atoms with Crippen LogP contribution in [0.5, 0.6) is 0 Å². The highest BCUT2D eigenvalue weighted by molar-refractivity contribution is 5.77. The van der Waals surface area contributed by atoms with Crippen molar-refractivity contribution in [3.05, 3.63) is 28.8 Å². The van der Waals surface area contributed by atoms with Crippen molar-refractivity contribution in [2.75, 3.05) is 0 Å². The van der Waals surface area contributed by atoms with Crippen molar-refractivity contribution in [3.8, 4) is 0 Å². The van der Waals surface area contributed by atoms with E-state index in [-0.39, 0.29) is 11.8 Å². The van der Waals surface area contributed by atoms with Gasteiger partial charge >= 0.3 is 0 Å². The van der Waals surface area contributed by atoms with E-state index in [1.54, 1.807) is 0 Å². The summed E-state index contributed by atoms with van der Waals surface area (Å²) in [5, 5.41) is 0. The molecule has 0 aliphatic heterocycles. The monoisotopic (exact) mass is 189 g/mol. The second kappa shape index (κ2) is 3.55. The molecule has 13 heavy (non-hydrogen) atoms. The quantitative estimate of drug-likeness (QED) is 0.527. The van der Waals surface area contributed by atoms with E-state index in [2.05, 4.69) is 4.98 Å². The van der Waals surface area contributed by atoms with E-state index in [1.807, 2.05) is 0 Å². The summed E-state index contributed by atoms with van der Waals surface area (Å²) in [6, 6.07) is 0. The van der Waals surface area contributed by atoms with Gasteiger partial charge in [-0.15, -0.1) is 0 Å². The molecule has 1 aromatic heterocycles. The summed E-state index contributed by atoms with van der Waals surface area (Å²) in [5.74, 6) is -1.02. The molecule has 0 saturated heterocycles. The Labute approximate surface area is 72.4 Å². The molecule has 0 N–H and O–H groups in total. The molecule has 0 radical (unpaired) electrons. The van der Waals surface area contributed by atoms with Crippen LogP contribution in [0.1, 0.15) is 27.9 Å². The number of hydrogen-bond acceptors (Lipinski definition) is 2. The summed E-state index contributed by atoms with van der Waals surface area (Å²) in [4.78, 5) is 13.4. The molecule has 0 unspecified atom stereocenters. The predicted octanol–water partition coefficient (Wildman–Crippen LogP) is 2.28. The standard InChI is InChI=1S/C8H6F3NO/c1-4-5(7(9)10)2-12-8(11)6(4)3-13/h2-3,7H,1H3. The molecule has 0 atom stereocenters. The molecule has 1 aromatic rings. The van der Waals surface area contributed by atoms with Crippen LogP contribution in [0.15, 0.2) is 6.20 Å². The largest absolute Gasteiger partial charge is 0.298 e. The first kappa shape index (κ1) is 9.70. The molecule has 0 spiro atoms. The fourth-order valence-corrected chi connectivity index (χ4v) is 0.960. The predicted molar refractivity (Wildman–Crippen MR) is 39.3 cm³/mol. The third-order valence-corrected chi connectivity index (χ3v) is 1.73. The molecule has 1 heterocycles. The van der Waals surface area contributed by atoms with Gasteiger partial charge in [0.15, 0.2) is 6.29 Å². The summed E-state index contributed by atoms with van der Waals surface area (Å²) >= 11 is 0. The SMILES string of the molecule is Cc1c(C(F)F)cnc(F)c1C=O.